The normalized spacial score (nSPS) is 14.2. The van der Waals surface area contributed by atoms with Gasteiger partial charge in [-0.1, -0.05) is 78.6 Å². The highest BCUT2D eigenvalue weighted by Gasteiger charge is 2.18. The van der Waals surface area contributed by atoms with E-state index >= 15 is 0 Å². The molecule has 0 amide bonds. The SMILES string of the molecule is CCCCCCC(CCC(CCC)CCCC)C(=O)O. The lowest BCUT2D eigenvalue weighted by Crippen LogP contribution is -2.15. The Morgan fingerprint density at radius 2 is 1.45 bits per heavy atom. The maximum absolute atomic E-state index is 11.3. The van der Waals surface area contributed by atoms with E-state index in [0.717, 1.165) is 31.6 Å². The van der Waals surface area contributed by atoms with E-state index in [1.807, 2.05) is 0 Å². The molecule has 2 atom stereocenters. The van der Waals surface area contributed by atoms with Crippen LogP contribution in [0.2, 0.25) is 0 Å². The summed E-state index contributed by atoms with van der Waals surface area (Å²) in [4.78, 5) is 11.3. The number of hydrogen-bond acceptors (Lipinski definition) is 1. The number of rotatable bonds is 14. The Morgan fingerprint density at radius 1 is 0.750 bits per heavy atom. The van der Waals surface area contributed by atoms with Crippen molar-refractivity contribution in [2.24, 2.45) is 11.8 Å². The Kier molecular flexibility index (Phi) is 13.1. The van der Waals surface area contributed by atoms with Gasteiger partial charge in [-0.25, -0.2) is 0 Å². The number of unbranched alkanes of at least 4 members (excludes halogenated alkanes) is 4. The molecule has 0 saturated carbocycles. The molecule has 0 spiro atoms. The van der Waals surface area contributed by atoms with Gasteiger partial charge in [-0.2, -0.15) is 0 Å². The minimum Gasteiger partial charge on any atom is -0.481 e. The van der Waals surface area contributed by atoms with Gasteiger partial charge in [-0.05, 0) is 25.2 Å². The van der Waals surface area contributed by atoms with Crippen LogP contribution in [0.5, 0.6) is 0 Å². The molecule has 0 radical (unpaired) electrons. The molecule has 2 unspecified atom stereocenters. The molecule has 0 fully saturated rings. The molecule has 0 bridgehead atoms. The van der Waals surface area contributed by atoms with Crippen LogP contribution in [0.15, 0.2) is 0 Å². The molecule has 0 saturated heterocycles. The van der Waals surface area contributed by atoms with E-state index in [-0.39, 0.29) is 5.92 Å². The van der Waals surface area contributed by atoms with Crippen molar-refractivity contribution in [3.63, 3.8) is 0 Å². The summed E-state index contributed by atoms with van der Waals surface area (Å²) in [5.41, 5.74) is 0. The molecular formula is C18H36O2. The van der Waals surface area contributed by atoms with Gasteiger partial charge in [0.2, 0.25) is 0 Å². The highest BCUT2D eigenvalue weighted by molar-refractivity contribution is 5.69. The largest absolute Gasteiger partial charge is 0.481 e. The predicted octanol–water partition coefficient (Wildman–Crippen LogP) is 6.04. The van der Waals surface area contributed by atoms with Crippen LogP contribution < -0.4 is 0 Å². The molecule has 0 aromatic rings. The molecular weight excluding hydrogens is 248 g/mol. The molecule has 2 nitrogen and oxygen atoms in total. The van der Waals surface area contributed by atoms with E-state index in [4.69, 9.17) is 0 Å². The zero-order chi connectivity index (χ0) is 15.2. The maximum Gasteiger partial charge on any atom is 0.306 e. The Morgan fingerprint density at radius 3 is 2.00 bits per heavy atom. The lowest BCUT2D eigenvalue weighted by atomic mass is 9.87. The van der Waals surface area contributed by atoms with Gasteiger partial charge in [-0.15, -0.1) is 0 Å². The molecule has 1 N–H and O–H groups in total. The van der Waals surface area contributed by atoms with E-state index in [1.54, 1.807) is 0 Å². The quantitative estimate of drug-likeness (QED) is 0.394. The molecule has 0 aliphatic carbocycles. The average Bonchev–Trinajstić information content (AvgIpc) is 2.43. The molecule has 20 heavy (non-hydrogen) atoms. The summed E-state index contributed by atoms with van der Waals surface area (Å²) in [6, 6.07) is 0. The van der Waals surface area contributed by atoms with Crippen molar-refractivity contribution >= 4 is 5.97 Å². The molecule has 0 aliphatic heterocycles. The highest BCUT2D eigenvalue weighted by Crippen LogP contribution is 2.25. The van der Waals surface area contributed by atoms with E-state index in [9.17, 15) is 9.90 Å². The summed E-state index contributed by atoms with van der Waals surface area (Å²) in [6.07, 6.45) is 13.9. The zero-order valence-electron chi connectivity index (χ0n) is 14.0. The Bertz CT molecular complexity index is 225. The van der Waals surface area contributed by atoms with Crippen molar-refractivity contribution in [3.8, 4) is 0 Å². The summed E-state index contributed by atoms with van der Waals surface area (Å²) in [5, 5.41) is 9.35. The molecule has 0 aromatic heterocycles. The molecule has 0 heterocycles. The smallest absolute Gasteiger partial charge is 0.306 e. The number of carboxylic acid groups (broad SMARTS) is 1. The highest BCUT2D eigenvalue weighted by atomic mass is 16.4. The minimum atomic E-state index is -0.577. The van der Waals surface area contributed by atoms with Crippen molar-refractivity contribution in [1.29, 1.82) is 0 Å². The summed E-state index contributed by atoms with van der Waals surface area (Å²) in [5.74, 6) is 0.0671. The fourth-order valence-corrected chi connectivity index (χ4v) is 2.98. The first kappa shape index (κ1) is 19.5. The average molecular weight is 284 g/mol. The first-order valence-corrected chi connectivity index (χ1v) is 8.88. The number of hydrogen-bond donors (Lipinski definition) is 1. The van der Waals surface area contributed by atoms with Crippen molar-refractivity contribution in [2.45, 2.75) is 97.8 Å². The minimum absolute atomic E-state index is 0.104. The summed E-state index contributed by atoms with van der Waals surface area (Å²) in [7, 11) is 0. The number of carbonyl (C=O) groups is 1. The molecule has 2 heteroatoms. The molecule has 0 aromatic carbocycles. The second kappa shape index (κ2) is 13.5. The van der Waals surface area contributed by atoms with Crippen molar-refractivity contribution in [2.75, 3.05) is 0 Å². The van der Waals surface area contributed by atoms with E-state index in [2.05, 4.69) is 20.8 Å². The molecule has 0 aliphatic rings. The van der Waals surface area contributed by atoms with Crippen LogP contribution >= 0.6 is 0 Å². The lowest BCUT2D eigenvalue weighted by molar-refractivity contribution is -0.142. The van der Waals surface area contributed by atoms with Gasteiger partial charge < -0.3 is 5.11 Å². The zero-order valence-corrected chi connectivity index (χ0v) is 14.0. The van der Waals surface area contributed by atoms with Gasteiger partial charge in [0.15, 0.2) is 0 Å². The second-order valence-electron chi connectivity index (χ2n) is 6.26. The van der Waals surface area contributed by atoms with E-state index in [0.29, 0.717) is 0 Å². The van der Waals surface area contributed by atoms with Crippen LogP contribution in [0.3, 0.4) is 0 Å². The van der Waals surface area contributed by atoms with Crippen molar-refractivity contribution in [1.82, 2.24) is 0 Å². The number of aliphatic carboxylic acids is 1. The van der Waals surface area contributed by atoms with Crippen molar-refractivity contribution in [3.05, 3.63) is 0 Å². The third-order valence-electron chi connectivity index (χ3n) is 4.34. The monoisotopic (exact) mass is 284 g/mol. The van der Waals surface area contributed by atoms with E-state index < -0.39 is 5.97 Å². The first-order chi connectivity index (χ1) is 9.65. The van der Waals surface area contributed by atoms with Gasteiger partial charge in [0.25, 0.3) is 0 Å². The molecule has 120 valence electrons. The fourth-order valence-electron chi connectivity index (χ4n) is 2.98. The lowest BCUT2D eigenvalue weighted by Gasteiger charge is -2.18. The van der Waals surface area contributed by atoms with Gasteiger partial charge in [0.05, 0.1) is 5.92 Å². The van der Waals surface area contributed by atoms with Gasteiger partial charge in [0.1, 0.15) is 0 Å². The maximum atomic E-state index is 11.3. The first-order valence-electron chi connectivity index (χ1n) is 8.88. The second-order valence-corrected chi connectivity index (χ2v) is 6.26. The Hall–Kier alpha value is -0.530. The van der Waals surface area contributed by atoms with Gasteiger partial charge in [-0.3, -0.25) is 4.79 Å². The van der Waals surface area contributed by atoms with Crippen molar-refractivity contribution < 1.29 is 9.90 Å². The van der Waals surface area contributed by atoms with Crippen LogP contribution in [0.1, 0.15) is 97.8 Å². The van der Waals surface area contributed by atoms with Crippen LogP contribution in [0.4, 0.5) is 0 Å². The van der Waals surface area contributed by atoms with Gasteiger partial charge >= 0.3 is 5.97 Å². The van der Waals surface area contributed by atoms with E-state index in [1.165, 1.54) is 51.4 Å². The Labute approximate surface area is 126 Å². The summed E-state index contributed by atoms with van der Waals surface area (Å²) in [6.45, 7) is 6.66. The van der Waals surface area contributed by atoms with Crippen LogP contribution in [-0.2, 0) is 4.79 Å². The predicted molar refractivity (Wildman–Crippen MR) is 87.0 cm³/mol. The third-order valence-corrected chi connectivity index (χ3v) is 4.34. The summed E-state index contributed by atoms with van der Waals surface area (Å²) < 4.78 is 0. The molecule has 0 rings (SSSR count). The topological polar surface area (TPSA) is 37.3 Å². The Balaban J connectivity index is 4.04. The van der Waals surface area contributed by atoms with Crippen LogP contribution in [-0.4, -0.2) is 11.1 Å². The summed E-state index contributed by atoms with van der Waals surface area (Å²) >= 11 is 0. The van der Waals surface area contributed by atoms with Crippen LogP contribution in [0.25, 0.3) is 0 Å². The fraction of sp³-hybridized carbons (Fsp3) is 0.944. The van der Waals surface area contributed by atoms with Gasteiger partial charge in [0, 0.05) is 0 Å². The van der Waals surface area contributed by atoms with Crippen LogP contribution in [0, 0.1) is 11.8 Å². The third kappa shape index (κ3) is 10.3. The number of carboxylic acids is 1. The standard InChI is InChI=1S/C18H36O2/c1-4-7-9-10-13-17(18(19)20)15-14-16(11-6-3)12-8-5-2/h16-17H,4-15H2,1-3H3,(H,19,20).